The van der Waals surface area contributed by atoms with Crippen molar-refractivity contribution in [2.75, 3.05) is 106 Å². The van der Waals surface area contributed by atoms with Crippen molar-refractivity contribution in [3.8, 4) is 40.2 Å². The Balaban J connectivity index is 0.000000136. The normalized spacial score (nSPS) is 19.8. The summed E-state index contributed by atoms with van der Waals surface area (Å²) in [6, 6.07) is 5.07. The Labute approximate surface area is 641 Å². The quantitative estimate of drug-likeness (QED) is 0.0630. The molecule has 9 aromatic rings. The zero-order chi connectivity index (χ0) is 76.0. The SMILES string of the molecule is COCc1noc(C)c1-c1cc(O[C@@H]2CCN(c3cn[nH]c(=O)c3Cl)C2)ncn1.COCc1noc(C)c1-c1cc(O[C@@H]2CCN(c3cnn(CCO)c(=O)c3Cl)C2)ncn1.O=c1c(Cl)c(N2CC[C@@H](O)C2)cnn1C1CCCCO1.O=c1c(Cl)c(N2CC[C@@H](Oc3cc(Cl)ncn3)C2)cnn1C1CCCCO1. The van der Waals surface area contributed by atoms with Crippen LogP contribution < -0.4 is 56.0 Å². The molecule has 2 unspecified atom stereocenters. The summed E-state index contributed by atoms with van der Waals surface area (Å²) in [4.78, 5) is 81.8. The first-order valence-electron chi connectivity index (χ1n) is 34.9. The number of aryl methyl sites for hydroxylation is 2. The number of rotatable bonds is 20. The molecule has 9 aromatic heterocycles. The van der Waals surface area contributed by atoms with Gasteiger partial charge >= 0.3 is 0 Å². The van der Waals surface area contributed by atoms with Crippen LogP contribution in [0.25, 0.3) is 22.5 Å². The van der Waals surface area contributed by atoms with Gasteiger partial charge in [0.25, 0.3) is 22.2 Å². The van der Waals surface area contributed by atoms with Crippen LogP contribution in [0.4, 0.5) is 22.7 Å². The minimum atomic E-state index is -0.431. The van der Waals surface area contributed by atoms with E-state index in [1.165, 1.54) is 34.5 Å². The molecule has 0 aliphatic carbocycles. The molecule has 6 fully saturated rings. The number of hydrogen-bond acceptors (Lipinski definition) is 31. The standard InChI is InChI=1S/C20H23ClN6O5.C18H19ClN6O4.C17H19Cl2N5O3.C13H18ClN3O3/c1-12-18(15(10-30-2)25-32-12)14-7-17(23-11-22-14)31-13-3-4-26(9-13)16-8-24-27(5-6-28)20(29)19(16)21;1-10-16(13(8-27-2)24-29-10)12-5-15(21-9-20-12)28-11-3-4-25(7-11)14-6-22-23-18(26)17(14)19;18-13-7-14(21-10-20-13)27-11-4-5-23(9-11)12-8-22-24(17(25)16(12)19)15-3-1-2-6-26-15;14-12-10(16-5-4-9(18)8-16)7-15-17(13(12)19)11-3-1-2-6-20-11/h7-8,11,13,28H,3-6,9-10H2,1-2H3;5-6,9,11H,3-4,7-8H2,1-2H3,(H,23,26);7-8,10-11,15H,1-6,9H2;7,9,11,18H,1-6,8H2/t13-;11-;11-,15?;9-,11?/m1111/s1. The summed E-state index contributed by atoms with van der Waals surface area (Å²) in [6.07, 6.45) is 17.7. The number of aliphatic hydroxyl groups is 2. The minimum Gasteiger partial charge on any atom is -0.472 e. The van der Waals surface area contributed by atoms with E-state index in [1.54, 1.807) is 51.0 Å². The molecule has 0 bridgehead atoms. The molecule has 15 heterocycles. The first-order chi connectivity index (χ1) is 52.4. The van der Waals surface area contributed by atoms with Gasteiger partial charge in [-0.15, -0.1) is 0 Å². The molecule has 0 amide bonds. The lowest BCUT2D eigenvalue weighted by Crippen LogP contribution is -2.33. The van der Waals surface area contributed by atoms with Crippen LogP contribution in [-0.2, 0) is 38.7 Å². The van der Waals surface area contributed by atoms with Gasteiger partial charge in [-0.2, -0.15) is 29.8 Å². The van der Waals surface area contributed by atoms with Gasteiger partial charge in [0.05, 0.1) is 122 Å². The minimum absolute atomic E-state index is 0.0760. The van der Waals surface area contributed by atoms with Crippen LogP contribution in [0.2, 0.25) is 25.2 Å². The van der Waals surface area contributed by atoms with Crippen molar-refractivity contribution in [2.45, 2.75) is 135 Å². The first kappa shape index (κ1) is 78.6. The highest BCUT2D eigenvalue weighted by Crippen LogP contribution is 2.35. The lowest BCUT2D eigenvalue weighted by molar-refractivity contribution is -0.0425. The number of β-amino-alcohol motifs (C(OH)–C–C–N with tert-alkyl or cyclic N) is 1. The molecule has 3 N–H and O–H groups in total. The maximum absolute atomic E-state index is 12.7. The van der Waals surface area contributed by atoms with Crippen molar-refractivity contribution in [1.29, 1.82) is 0 Å². The fourth-order valence-electron chi connectivity index (χ4n) is 13.1. The summed E-state index contributed by atoms with van der Waals surface area (Å²) in [5.41, 5.74) is 4.99. The van der Waals surface area contributed by atoms with E-state index in [-0.39, 0.29) is 81.2 Å². The molecule has 35 nitrogen and oxygen atoms in total. The zero-order valence-corrected chi connectivity index (χ0v) is 63.1. The molecule has 0 aromatic carbocycles. The van der Waals surface area contributed by atoms with Gasteiger partial charge in [0.2, 0.25) is 17.6 Å². The van der Waals surface area contributed by atoms with Gasteiger partial charge in [0.15, 0.2) is 12.5 Å². The van der Waals surface area contributed by atoms with Crippen LogP contribution in [0.1, 0.15) is 99.6 Å². The van der Waals surface area contributed by atoms with E-state index in [0.29, 0.717) is 165 Å². The van der Waals surface area contributed by atoms with Crippen molar-refractivity contribution >= 4 is 80.8 Å². The van der Waals surface area contributed by atoms with Crippen LogP contribution >= 0.6 is 58.0 Å². The molecule has 0 radical (unpaired) electrons. The zero-order valence-electron chi connectivity index (χ0n) is 59.3. The molecule has 6 atom stereocenters. The maximum atomic E-state index is 12.7. The second kappa shape index (κ2) is 36.9. The number of aromatic nitrogens is 16. The highest BCUT2D eigenvalue weighted by Gasteiger charge is 2.33. The molecule has 0 saturated carbocycles. The third-order valence-corrected chi connectivity index (χ3v) is 20.1. The van der Waals surface area contributed by atoms with Crippen molar-refractivity contribution in [3.63, 3.8) is 0 Å². The van der Waals surface area contributed by atoms with Gasteiger partial charge < -0.3 is 72.0 Å². The number of nitrogens with zero attached hydrogens (tertiary/aromatic N) is 19. The largest absolute Gasteiger partial charge is 0.472 e. The highest BCUT2D eigenvalue weighted by molar-refractivity contribution is 6.34. The van der Waals surface area contributed by atoms with E-state index in [4.69, 9.17) is 105 Å². The van der Waals surface area contributed by atoms with E-state index in [0.717, 1.165) is 73.6 Å². The first-order valence-corrected chi connectivity index (χ1v) is 36.8. The number of halogens is 5. The molecule has 6 aliphatic heterocycles. The fourth-order valence-corrected chi connectivity index (χ4v) is 14.2. The molecular formula is C68H79Cl5N20O15. The number of methoxy groups -OCH3 is 2. The van der Waals surface area contributed by atoms with Gasteiger partial charge in [-0.25, -0.2) is 39.7 Å². The van der Waals surface area contributed by atoms with Gasteiger partial charge in [-0.3, -0.25) is 19.2 Å². The van der Waals surface area contributed by atoms with E-state index >= 15 is 0 Å². The summed E-state index contributed by atoms with van der Waals surface area (Å²) in [5.74, 6) is 2.57. The van der Waals surface area contributed by atoms with Crippen LogP contribution in [0.5, 0.6) is 17.6 Å². The molecule has 576 valence electrons. The molecule has 108 heavy (non-hydrogen) atoms. The number of H-pyrrole nitrogens is 1. The summed E-state index contributed by atoms with van der Waals surface area (Å²) in [5, 5.41) is 46.2. The maximum Gasteiger partial charge on any atom is 0.290 e. The smallest absolute Gasteiger partial charge is 0.290 e. The second-order valence-electron chi connectivity index (χ2n) is 25.8. The molecular weight excluding hydrogens is 1510 g/mol. The molecule has 40 heteroatoms. The van der Waals surface area contributed by atoms with Gasteiger partial charge in [0, 0.05) is 97.6 Å². The Kier molecular flexibility index (Phi) is 26.9. The third kappa shape index (κ3) is 19.0. The number of aliphatic hydroxyl groups excluding tert-OH is 2. The Hall–Kier alpha value is -9.01. The fraction of sp³-hybridized carbons (Fsp3) is 0.500. The van der Waals surface area contributed by atoms with Gasteiger partial charge in [-0.05, 0) is 58.8 Å². The number of anilines is 4. The highest BCUT2D eigenvalue weighted by atomic mass is 35.5. The Morgan fingerprint density at radius 3 is 1.39 bits per heavy atom. The van der Waals surface area contributed by atoms with E-state index in [9.17, 15) is 24.3 Å². The molecule has 6 saturated heterocycles. The van der Waals surface area contributed by atoms with Crippen molar-refractivity contribution < 1.29 is 52.4 Å². The molecule has 15 rings (SSSR count). The third-order valence-electron chi connectivity index (χ3n) is 18.4. The molecule has 6 aliphatic rings. The van der Waals surface area contributed by atoms with Crippen molar-refractivity contribution in [1.82, 2.24) is 79.8 Å². The Morgan fingerprint density at radius 1 is 0.519 bits per heavy atom. The second-order valence-corrected chi connectivity index (χ2v) is 27.7. The Bertz CT molecular complexity index is 4790. The lowest BCUT2D eigenvalue weighted by Gasteiger charge is -2.25. The number of ether oxygens (including phenoxy) is 7. The Morgan fingerprint density at radius 2 is 0.954 bits per heavy atom. The predicted molar refractivity (Wildman–Crippen MR) is 395 cm³/mol. The van der Waals surface area contributed by atoms with E-state index in [1.807, 2.05) is 33.4 Å². The summed E-state index contributed by atoms with van der Waals surface area (Å²) >= 11 is 30.8. The summed E-state index contributed by atoms with van der Waals surface area (Å²) < 4.78 is 53.9. The average Bonchev–Trinajstić information content (AvgIpc) is 1.35. The summed E-state index contributed by atoms with van der Waals surface area (Å²) in [6.45, 7) is 10.3. The monoisotopic (exact) mass is 1590 g/mol. The van der Waals surface area contributed by atoms with Crippen LogP contribution in [0.15, 0.2) is 90.2 Å². The van der Waals surface area contributed by atoms with Crippen LogP contribution in [0.3, 0.4) is 0 Å². The topological polar surface area (TPSA) is 398 Å². The number of aromatic amines is 1. The predicted octanol–water partition coefficient (Wildman–Crippen LogP) is 7.29. The van der Waals surface area contributed by atoms with Gasteiger partial charge in [-0.1, -0.05) is 68.3 Å². The van der Waals surface area contributed by atoms with Crippen molar-refractivity contribution in [3.05, 3.63) is 152 Å². The van der Waals surface area contributed by atoms with E-state index < -0.39 is 11.1 Å². The van der Waals surface area contributed by atoms with E-state index in [2.05, 4.69) is 65.7 Å². The van der Waals surface area contributed by atoms with Gasteiger partial charge in [0.1, 0.15) is 85.4 Å². The average molecular weight is 1590 g/mol. The van der Waals surface area contributed by atoms with Crippen LogP contribution in [-0.4, -0.2) is 201 Å². The number of hydrogen-bond donors (Lipinski definition) is 3. The summed E-state index contributed by atoms with van der Waals surface area (Å²) in [7, 11) is 3.18. The lowest BCUT2D eigenvalue weighted by atomic mass is 10.1. The van der Waals surface area contributed by atoms with Crippen molar-refractivity contribution in [2.24, 2.45) is 0 Å². The molecule has 0 spiro atoms. The van der Waals surface area contributed by atoms with Crippen LogP contribution in [0, 0.1) is 13.8 Å². The number of nitrogens with one attached hydrogen (secondary N) is 1.